The van der Waals surface area contributed by atoms with Crippen LogP contribution >= 0.6 is 0 Å². The molecule has 25 heavy (non-hydrogen) atoms. The van der Waals surface area contributed by atoms with E-state index in [2.05, 4.69) is 52.7 Å². The second-order valence-electron chi connectivity index (χ2n) is 7.11. The smallest absolute Gasteiger partial charge is 0.407 e. The molecule has 2 aromatic rings. The first-order chi connectivity index (χ1) is 12.2. The van der Waals surface area contributed by atoms with E-state index in [1.54, 1.807) is 0 Å². The predicted octanol–water partition coefficient (Wildman–Crippen LogP) is 3.17. The van der Waals surface area contributed by atoms with Crippen molar-refractivity contribution in [2.45, 2.75) is 25.8 Å². The van der Waals surface area contributed by atoms with Crippen molar-refractivity contribution < 1.29 is 9.53 Å². The van der Waals surface area contributed by atoms with Crippen LogP contribution in [0, 0.1) is 5.92 Å². The number of nitrogens with zero attached hydrogens (tertiary/aromatic N) is 1. The molecular formula is C20H25N3O2. The Bertz CT molecular complexity index is 823. The van der Waals surface area contributed by atoms with Crippen LogP contribution in [-0.2, 0) is 11.2 Å². The summed E-state index contributed by atoms with van der Waals surface area (Å²) in [6.45, 7) is 4.02. The lowest BCUT2D eigenvalue weighted by atomic mass is 9.80. The zero-order valence-electron chi connectivity index (χ0n) is 14.8. The predicted molar refractivity (Wildman–Crippen MR) is 99.5 cm³/mol. The minimum absolute atomic E-state index is 0.222. The van der Waals surface area contributed by atoms with Gasteiger partial charge in [-0.2, -0.15) is 0 Å². The number of carbonyl (C=O) groups is 1. The number of carbonyl (C=O) groups excluding carboxylic acids is 1. The van der Waals surface area contributed by atoms with Gasteiger partial charge in [-0.15, -0.1) is 0 Å². The normalized spacial score (nSPS) is 22.4. The fourth-order valence-electron chi connectivity index (χ4n) is 4.11. The van der Waals surface area contributed by atoms with E-state index in [9.17, 15) is 4.79 Å². The highest BCUT2D eigenvalue weighted by Gasteiger charge is 2.33. The minimum Gasteiger partial charge on any atom is -0.449 e. The molecule has 5 heteroatoms. The highest BCUT2D eigenvalue weighted by Crippen LogP contribution is 2.40. The Kier molecular flexibility index (Phi) is 4.25. The summed E-state index contributed by atoms with van der Waals surface area (Å²) in [6.07, 6.45) is 6.10. The van der Waals surface area contributed by atoms with Crippen molar-refractivity contribution in [2.24, 2.45) is 5.92 Å². The molecule has 0 saturated carbocycles. The van der Waals surface area contributed by atoms with Gasteiger partial charge in [0.25, 0.3) is 0 Å². The second-order valence-corrected chi connectivity index (χ2v) is 7.11. The fraction of sp³-hybridized carbons (Fsp3) is 0.450. The third-order valence-corrected chi connectivity index (χ3v) is 5.29. The highest BCUT2D eigenvalue weighted by atomic mass is 16.5. The van der Waals surface area contributed by atoms with Gasteiger partial charge in [-0.05, 0) is 42.7 Å². The lowest BCUT2D eigenvalue weighted by Crippen LogP contribution is -2.43. The van der Waals surface area contributed by atoms with Crippen molar-refractivity contribution in [1.82, 2.24) is 15.2 Å². The molecule has 132 valence electrons. The Labute approximate surface area is 148 Å². The first-order valence-electron chi connectivity index (χ1n) is 9.09. The van der Waals surface area contributed by atoms with Crippen molar-refractivity contribution in [3.63, 3.8) is 0 Å². The topological polar surface area (TPSA) is 57.4 Å². The lowest BCUT2D eigenvalue weighted by Gasteiger charge is -2.39. The number of hydrogen-bond acceptors (Lipinski definition) is 3. The summed E-state index contributed by atoms with van der Waals surface area (Å²) in [4.78, 5) is 17.5. The SMILES string of the molecule is CCCNC(=O)OCC1C=C2c3cccc4[nH]cc(c34)C[C@@H]2N(C)C1. The zero-order valence-corrected chi connectivity index (χ0v) is 14.8. The molecule has 0 saturated heterocycles. The molecule has 0 fully saturated rings. The van der Waals surface area contributed by atoms with Gasteiger partial charge in [-0.25, -0.2) is 4.79 Å². The highest BCUT2D eigenvalue weighted by molar-refractivity contribution is 5.98. The van der Waals surface area contributed by atoms with Crippen molar-refractivity contribution in [3.05, 3.63) is 41.6 Å². The van der Waals surface area contributed by atoms with Gasteiger partial charge in [0.05, 0.1) is 0 Å². The number of hydrogen-bond donors (Lipinski definition) is 2. The number of nitrogens with one attached hydrogen (secondary N) is 2. The van der Waals surface area contributed by atoms with Crippen molar-refractivity contribution in [3.8, 4) is 0 Å². The summed E-state index contributed by atoms with van der Waals surface area (Å²) in [5, 5.41) is 4.11. The molecule has 0 bridgehead atoms. The van der Waals surface area contributed by atoms with E-state index in [1.165, 1.54) is 27.6 Å². The van der Waals surface area contributed by atoms with Gasteiger partial charge in [0.2, 0.25) is 0 Å². The quantitative estimate of drug-likeness (QED) is 0.899. The Morgan fingerprint density at radius 1 is 1.44 bits per heavy atom. The number of benzene rings is 1. The number of ether oxygens (including phenoxy) is 1. The van der Waals surface area contributed by atoms with Gasteiger partial charge >= 0.3 is 6.09 Å². The van der Waals surface area contributed by atoms with Gasteiger partial charge in [0, 0.05) is 42.1 Å². The average molecular weight is 339 g/mol. The Morgan fingerprint density at radius 3 is 3.16 bits per heavy atom. The molecular weight excluding hydrogens is 314 g/mol. The molecule has 0 spiro atoms. The van der Waals surface area contributed by atoms with E-state index in [0.29, 0.717) is 19.2 Å². The van der Waals surface area contributed by atoms with Gasteiger partial charge < -0.3 is 15.0 Å². The maximum absolute atomic E-state index is 11.7. The molecule has 1 unspecified atom stereocenters. The average Bonchev–Trinajstić information content (AvgIpc) is 3.03. The standard InChI is InChI=1S/C20H25N3O2/c1-3-7-21-20(24)25-12-13-8-16-15-5-4-6-17-19(15)14(10-22-17)9-18(16)23(2)11-13/h4-6,8,10,13,18,22H,3,7,9,11-12H2,1-2H3,(H,21,24)/t13?,18-/m0/s1. The number of rotatable bonds is 4. The molecule has 1 aromatic heterocycles. The van der Waals surface area contributed by atoms with Crippen LogP contribution in [-0.4, -0.2) is 48.8 Å². The van der Waals surface area contributed by atoms with E-state index in [4.69, 9.17) is 4.74 Å². The number of likely N-dealkylation sites (N-methyl/N-ethyl adjacent to an activating group) is 1. The first-order valence-corrected chi connectivity index (χ1v) is 9.09. The van der Waals surface area contributed by atoms with Crippen LogP contribution in [0.25, 0.3) is 16.5 Å². The number of aromatic amines is 1. The number of amides is 1. The molecule has 1 amide bonds. The molecule has 2 heterocycles. The summed E-state index contributed by atoms with van der Waals surface area (Å²) in [6, 6.07) is 6.86. The monoisotopic (exact) mass is 339 g/mol. The summed E-state index contributed by atoms with van der Waals surface area (Å²) in [5.74, 6) is 0.222. The third kappa shape index (κ3) is 2.93. The van der Waals surface area contributed by atoms with E-state index < -0.39 is 0 Å². The summed E-state index contributed by atoms with van der Waals surface area (Å²) < 4.78 is 5.41. The van der Waals surface area contributed by atoms with Crippen molar-refractivity contribution in [1.29, 1.82) is 0 Å². The Hall–Kier alpha value is -2.27. The lowest BCUT2D eigenvalue weighted by molar-refractivity contribution is 0.120. The third-order valence-electron chi connectivity index (χ3n) is 5.29. The molecule has 1 aliphatic heterocycles. The van der Waals surface area contributed by atoms with Gasteiger partial charge in [-0.3, -0.25) is 4.90 Å². The largest absolute Gasteiger partial charge is 0.449 e. The Morgan fingerprint density at radius 2 is 2.32 bits per heavy atom. The van der Waals surface area contributed by atoms with Crippen LogP contribution < -0.4 is 5.32 Å². The summed E-state index contributed by atoms with van der Waals surface area (Å²) in [5.41, 5.74) is 5.28. The Balaban J connectivity index is 1.58. The molecule has 4 rings (SSSR count). The molecule has 0 radical (unpaired) electrons. The second kappa shape index (κ2) is 6.56. The minimum atomic E-state index is -0.316. The van der Waals surface area contributed by atoms with Crippen molar-refractivity contribution >= 4 is 22.6 Å². The van der Waals surface area contributed by atoms with E-state index >= 15 is 0 Å². The van der Waals surface area contributed by atoms with Crippen LogP contribution in [0.1, 0.15) is 24.5 Å². The number of H-pyrrole nitrogens is 1. The van der Waals surface area contributed by atoms with Gasteiger partial charge in [0.15, 0.2) is 0 Å². The van der Waals surface area contributed by atoms with Gasteiger partial charge in [-0.1, -0.05) is 25.1 Å². The van der Waals surface area contributed by atoms with E-state index in [-0.39, 0.29) is 12.0 Å². The molecule has 1 aromatic carbocycles. The summed E-state index contributed by atoms with van der Waals surface area (Å²) >= 11 is 0. The molecule has 1 aliphatic carbocycles. The van der Waals surface area contributed by atoms with E-state index in [1.807, 2.05) is 6.92 Å². The van der Waals surface area contributed by atoms with Crippen LogP contribution in [0.15, 0.2) is 30.5 Å². The van der Waals surface area contributed by atoms with E-state index in [0.717, 1.165) is 19.4 Å². The maximum atomic E-state index is 11.7. The van der Waals surface area contributed by atoms with Crippen LogP contribution in [0.2, 0.25) is 0 Å². The number of fused-ring (bicyclic) bond motifs is 2. The van der Waals surface area contributed by atoms with Gasteiger partial charge in [0.1, 0.15) is 6.61 Å². The van der Waals surface area contributed by atoms with Crippen LogP contribution in [0.3, 0.4) is 0 Å². The molecule has 2 atom stereocenters. The van der Waals surface area contributed by atoms with Crippen molar-refractivity contribution in [2.75, 3.05) is 26.7 Å². The maximum Gasteiger partial charge on any atom is 0.407 e. The number of alkyl carbamates (subject to hydrolysis) is 1. The molecule has 2 aliphatic rings. The number of aromatic nitrogens is 1. The van der Waals surface area contributed by atoms with Crippen LogP contribution in [0.4, 0.5) is 4.79 Å². The zero-order chi connectivity index (χ0) is 17.4. The first kappa shape index (κ1) is 16.2. The summed E-state index contributed by atoms with van der Waals surface area (Å²) in [7, 11) is 2.17. The fourth-order valence-corrected chi connectivity index (χ4v) is 4.11. The molecule has 5 nitrogen and oxygen atoms in total. The molecule has 2 N–H and O–H groups in total. The van der Waals surface area contributed by atoms with Crippen LogP contribution in [0.5, 0.6) is 0 Å².